The molecule has 0 aliphatic carbocycles. The highest BCUT2D eigenvalue weighted by atomic mass is 35.5. The zero-order chi connectivity index (χ0) is 13.9. The first-order valence-electron chi connectivity index (χ1n) is 6.23. The van der Waals surface area contributed by atoms with Crippen LogP contribution < -0.4 is 5.32 Å². The molecule has 104 valence electrons. The highest BCUT2D eigenvalue weighted by molar-refractivity contribution is 7.20. The molecule has 0 saturated heterocycles. The maximum absolute atomic E-state index is 8.74. The molecule has 2 aromatic heterocycles. The molecule has 1 aromatic carbocycles. The second-order valence-electron chi connectivity index (χ2n) is 4.27. The van der Waals surface area contributed by atoms with Crippen LogP contribution in [0.5, 0.6) is 0 Å². The number of fused-ring (bicyclic) bond motifs is 1. The molecule has 3 aromatic rings. The molecule has 0 saturated carbocycles. The van der Waals surface area contributed by atoms with Gasteiger partial charge in [-0.25, -0.2) is 9.50 Å². The third-order valence-electron chi connectivity index (χ3n) is 2.79. The smallest absolute Gasteiger partial charge is 0.214 e. The first-order valence-corrected chi connectivity index (χ1v) is 7.42. The standard InChI is InChI=1S/C13H13ClN4OS/c14-10-4-2-9(3-5-10)11-8-18-13(16-11)20-12(17-18)15-6-1-7-19/h2-5,8,19H,1,6-7H2,(H,15,17). The SMILES string of the molecule is OCCCNc1nn2cc(-c3ccc(Cl)cc3)nc2s1. The summed E-state index contributed by atoms with van der Waals surface area (Å²) in [6.07, 6.45) is 2.60. The molecule has 20 heavy (non-hydrogen) atoms. The first-order chi connectivity index (χ1) is 9.76. The lowest BCUT2D eigenvalue weighted by molar-refractivity contribution is 0.292. The third kappa shape index (κ3) is 2.77. The van der Waals surface area contributed by atoms with E-state index in [9.17, 15) is 0 Å². The van der Waals surface area contributed by atoms with Crippen molar-refractivity contribution < 1.29 is 5.11 Å². The summed E-state index contributed by atoms with van der Waals surface area (Å²) in [7, 11) is 0. The largest absolute Gasteiger partial charge is 0.396 e. The van der Waals surface area contributed by atoms with Crippen molar-refractivity contribution in [3.8, 4) is 11.3 Å². The molecule has 0 bridgehead atoms. The van der Waals surface area contributed by atoms with Gasteiger partial charge in [0.05, 0.1) is 11.9 Å². The molecular weight excluding hydrogens is 296 g/mol. The van der Waals surface area contributed by atoms with Crippen LogP contribution in [0.25, 0.3) is 16.2 Å². The number of benzene rings is 1. The van der Waals surface area contributed by atoms with Gasteiger partial charge in [-0.1, -0.05) is 35.1 Å². The van der Waals surface area contributed by atoms with Gasteiger partial charge in [0.25, 0.3) is 0 Å². The minimum Gasteiger partial charge on any atom is -0.396 e. The second-order valence-corrected chi connectivity index (χ2v) is 5.66. The number of rotatable bonds is 5. The Morgan fingerprint density at radius 3 is 2.80 bits per heavy atom. The summed E-state index contributed by atoms with van der Waals surface area (Å²) in [5, 5.41) is 17.8. The fourth-order valence-electron chi connectivity index (χ4n) is 1.81. The summed E-state index contributed by atoms with van der Waals surface area (Å²) in [4.78, 5) is 5.38. The lowest BCUT2D eigenvalue weighted by Crippen LogP contribution is -2.03. The summed E-state index contributed by atoms with van der Waals surface area (Å²) in [5.74, 6) is 0. The molecule has 0 fully saturated rings. The van der Waals surface area contributed by atoms with E-state index in [1.165, 1.54) is 11.3 Å². The highest BCUT2D eigenvalue weighted by Gasteiger charge is 2.09. The van der Waals surface area contributed by atoms with Gasteiger partial charge in [0, 0.05) is 23.7 Å². The highest BCUT2D eigenvalue weighted by Crippen LogP contribution is 2.25. The molecule has 0 unspecified atom stereocenters. The molecule has 0 atom stereocenters. The number of nitrogens with one attached hydrogen (secondary N) is 1. The maximum Gasteiger partial charge on any atom is 0.214 e. The number of aliphatic hydroxyl groups is 1. The number of hydrogen-bond acceptors (Lipinski definition) is 5. The molecule has 7 heteroatoms. The van der Waals surface area contributed by atoms with E-state index in [1.54, 1.807) is 4.52 Å². The van der Waals surface area contributed by atoms with E-state index in [-0.39, 0.29) is 6.61 Å². The van der Waals surface area contributed by atoms with Gasteiger partial charge in [-0.15, -0.1) is 5.10 Å². The van der Waals surface area contributed by atoms with E-state index in [2.05, 4.69) is 15.4 Å². The average Bonchev–Trinajstić information content (AvgIpc) is 2.98. The second kappa shape index (κ2) is 5.78. The minimum absolute atomic E-state index is 0.177. The van der Waals surface area contributed by atoms with Crippen molar-refractivity contribution in [2.45, 2.75) is 6.42 Å². The zero-order valence-electron chi connectivity index (χ0n) is 10.6. The quantitative estimate of drug-likeness (QED) is 0.711. The van der Waals surface area contributed by atoms with Crippen LogP contribution in [0.2, 0.25) is 5.02 Å². The van der Waals surface area contributed by atoms with Crippen molar-refractivity contribution in [3.05, 3.63) is 35.5 Å². The first kappa shape index (κ1) is 13.4. The molecule has 0 radical (unpaired) electrons. The number of aromatic nitrogens is 3. The van der Waals surface area contributed by atoms with Crippen LogP contribution in [0, 0.1) is 0 Å². The lowest BCUT2D eigenvalue weighted by atomic mass is 10.2. The van der Waals surface area contributed by atoms with Crippen molar-refractivity contribution in [2.24, 2.45) is 0 Å². The van der Waals surface area contributed by atoms with Gasteiger partial charge in [-0.3, -0.25) is 0 Å². The van der Waals surface area contributed by atoms with Crippen LogP contribution in [0.15, 0.2) is 30.5 Å². The Kier molecular flexibility index (Phi) is 3.86. The monoisotopic (exact) mass is 308 g/mol. The number of imidazole rings is 1. The number of nitrogens with zero attached hydrogens (tertiary/aromatic N) is 3. The average molecular weight is 309 g/mol. The molecule has 0 aliphatic heterocycles. The van der Waals surface area contributed by atoms with Gasteiger partial charge < -0.3 is 10.4 Å². The van der Waals surface area contributed by atoms with Crippen LogP contribution >= 0.6 is 22.9 Å². The topological polar surface area (TPSA) is 62.5 Å². The minimum atomic E-state index is 0.177. The predicted octanol–water partition coefficient (Wildman–Crippen LogP) is 2.91. The number of aliphatic hydroxyl groups excluding tert-OH is 1. The van der Waals surface area contributed by atoms with Gasteiger partial charge in [0.15, 0.2) is 0 Å². The van der Waals surface area contributed by atoms with Gasteiger partial charge in [0.1, 0.15) is 0 Å². The molecule has 2 N–H and O–H groups in total. The van der Waals surface area contributed by atoms with Crippen molar-refractivity contribution in [1.29, 1.82) is 0 Å². The lowest BCUT2D eigenvalue weighted by Gasteiger charge is -1.98. The molecular formula is C13H13ClN4OS. The van der Waals surface area contributed by atoms with Gasteiger partial charge >= 0.3 is 0 Å². The molecule has 3 rings (SSSR count). The van der Waals surface area contributed by atoms with Crippen molar-refractivity contribution in [2.75, 3.05) is 18.5 Å². The van der Waals surface area contributed by atoms with Crippen molar-refractivity contribution in [3.63, 3.8) is 0 Å². The predicted molar refractivity (Wildman–Crippen MR) is 81.5 cm³/mol. The fraction of sp³-hybridized carbons (Fsp3) is 0.231. The van der Waals surface area contributed by atoms with E-state index in [0.717, 1.165) is 21.3 Å². The Bertz CT molecular complexity index is 675. The van der Waals surface area contributed by atoms with E-state index in [1.807, 2.05) is 30.5 Å². The maximum atomic E-state index is 8.74. The summed E-state index contributed by atoms with van der Waals surface area (Å²) >= 11 is 7.36. The number of anilines is 1. The third-order valence-corrected chi connectivity index (χ3v) is 3.93. The summed E-state index contributed by atoms with van der Waals surface area (Å²) in [5.41, 5.74) is 1.89. The summed E-state index contributed by atoms with van der Waals surface area (Å²) in [6, 6.07) is 7.57. The van der Waals surface area contributed by atoms with E-state index >= 15 is 0 Å². The van der Waals surface area contributed by atoms with Crippen molar-refractivity contribution in [1.82, 2.24) is 14.6 Å². The van der Waals surface area contributed by atoms with Crippen LogP contribution in [0.1, 0.15) is 6.42 Å². The van der Waals surface area contributed by atoms with Crippen LogP contribution in [-0.2, 0) is 0 Å². The molecule has 2 heterocycles. The molecule has 0 spiro atoms. The number of halogens is 1. The summed E-state index contributed by atoms with van der Waals surface area (Å²) < 4.78 is 1.76. The van der Waals surface area contributed by atoms with Gasteiger partial charge in [-0.2, -0.15) is 0 Å². The molecule has 0 aliphatic rings. The Balaban J connectivity index is 1.81. The van der Waals surface area contributed by atoms with Gasteiger partial charge in [0.2, 0.25) is 10.1 Å². The van der Waals surface area contributed by atoms with E-state index < -0.39 is 0 Å². The summed E-state index contributed by atoms with van der Waals surface area (Å²) in [6.45, 7) is 0.882. The van der Waals surface area contributed by atoms with Crippen LogP contribution in [0.4, 0.5) is 5.13 Å². The number of hydrogen-bond donors (Lipinski definition) is 2. The molecule has 0 amide bonds. The van der Waals surface area contributed by atoms with Crippen LogP contribution in [0.3, 0.4) is 0 Å². The zero-order valence-corrected chi connectivity index (χ0v) is 12.2. The van der Waals surface area contributed by atoms with Crippen molar-refractivity contribution >= 4 is 33.0 Å². The fourth-order valence-corrected chi connectivity index (χ4v) is 2.74. The molecule has 5 nitrogen and oxygen atoms in total. The Labute approximate surface area is 124 Å². The van der Waals surface area contributed by atoms with E-state index in [0.29, 0.717) is 18.0 Å². The van der Waals surface area contributed by atoms with Gasteiger partial charge in [-0.05, 0) is 18.6 Å². The normalized spacial score (nSPS) is 11.1. The van der Waals surface area contributed by atoms with Crippen LogP contribution in [-0.4, -0.2) is 32.9 Å². The van der Waals surface area contributed by atoms with E-state index in [4.69, 9.17) is 16.7 Å². The Hall–Kier alpha value is -1.63. The Morgan fingerprint density at radius 1 is 1.30 bits per heavy atom. The Morgan fingerprint density at radius 2 is 2.10 bits per heavy atom.